The van der Waals surface area contributed by atoms with Crippen LogP contribution in [-0.2, 0) is 0 Å². The second kappa shape index (κ2) is 5.59. The average Bonchev–Trinajstić information content (AvgIpc) is 2.99. The Morgan fingerprint density at radius 3 is 2.91 bits per heavy atom. The van der Waals surface area contributed by atoms with Crippen molar-refractivity contribution in [1.29, 1.82) is 0 Å². The second-order valence-corrected chi connectivity index (χ2v) is 5.98. The van der Waals surface area contributed by atoms with E-state index in [1.54, 1.807) is 23.2 Å². The first-order valence-electron chi connectivity index (χ1n) is 7.34. The van der Waals surface area contributed by atoms with Crippen LogP contribution >= 0.6 is 11.6 Å². The summed E-state index contributed by atoms with van der Waals surface area (Å²) in [5.41, 5.74) is 1.72. The number of nitrogens with zero attached hydrogens (tertiary/aromatic N) is 2. The Labute approximate surface area is 137 Å². The number of benzene rings is 1. The van der Waals surface area contributed by atoms with E-state index in [-0.39, 0.29) is 12.0 Å². The van der Waals surface area contributed by atoms with Gasteiger partial charge in [0.1, 0.15) is 6.10 Å². The van der Waals surface area contributed by atoms with Gasteiger partial charge in [-0.05, 0) is 30.3 Å². The van der Waals surface area contributed by atoms with E-state index in [1.807, 2.05) is 30.5 Å². The Hall–Kier alpha value is -2.53. The van der Waals surface area contributed by atoms with Gasteiger partial charge in [0.25, 0.3) is 5.91 Å². The third kappa shape index (κ3) is 2.75. The molecule has 0 saturated carbocycles. The molecular weight excluding hydrogens is 314 g/mol. The predicted octanol–water partition coefficient (Wildman–Crippen LogP) is 3.12. The smallest absolute Gasteiger partial charge is 0.254 e. The van der Waals surface area contributed by atoms with Gasteiger partial charge in [0, 0.05) is 34.9 Å². The molecule has 0 unspecified atom stereocenters. The third-order valence-electron chi connectivity index (χ3n) is 3.92. The van der Waals surface area contributed by atoms with Crippen LogP contribution in [0.25, 0.3) is 10.9 Å². The average molecular weight is 328 g/mol. The number of amides is 1. The van der Waals surface area contributed by atoms with Crippen molar-refractivity contribution >= 4 is 28.4 Å². The first kappa shape index (κ1) is 14.1. The van der Waals surface area contributed by atoms with Gasteiger partial charge in [0.2, 0.25) is 5.88 Å². The lowest BCUT2D eigenvalue weighted by Gasteiger charge is -2.38. The van der Waals surface area contributed by atoms with Crippen LogP contribution in [0.3, 0.4) is 0 Å². The van der Waals surface area contributed by atoms with E-state index in [9.17, 15) is 4.79 Å². The maximum atomic E-state index is 12.5. The summed E-state index contributed by atoms with van der Waals surface area (Å²) in [6, 6.07) is 11.1. The molecule has 0 radical (unpaired) electrons. The molecule has 116 valence electrons. The minimum Gasteiger partial charge on any atom is -0.471 e. The van der Waals surface area contributed by atoms with Crippen molar-refractivity contribution < 1.29 is 9.53 Å². The summed E-state index contributed by atoms with van der Waals surface area (Å²) in [5.74, 6) is 0.553. The van der Waals surface area contributed by atoms with E-state index in [4.69, 9.17) is 16.3 Å². The van der Waals surface area contributed by atoms with Crippen molar-refractivity contribution in [3.8, 4) is 5.88 Å². The summed E-state index contributed by atoms with van der Waals surface area (Å²) in [7, 11) is 0. The number of H-pyrrole nitrogens is 1. The van der Waals surface area contributed by atoms with Crippen LogP contribution in [0.15, 0.2) is 48.8 Å². The molecule has 0 aliphatic carbocycles. The molecule has 6 heteroatoms. The monoisotopic (exact) mass is 327 g/mol. The fourth-order valence-electron chi connectivity index (χ4n) is 2.65. The maximum Gasteiger partial charge on any atom is 0.254 e. The number of aromatic amines is 1. The summed E-state index contributed by atoms with van der Waals surface area (Å²) < 4.78 is 5.71. The number of carbonyl (C=O) groups is 1. The number of likely N-dealkylation sites (tertiary alicyclic amines) is 1. The summed E-state index contributed by atoms with van der Waals surface area (Å²) in [6.45, 7) is 1.13. The normalized spacial score (nSPS) is 14.7. The van der Waals surface area contributed by atoms with Gasteiger partial charge in [-0.3, -0.25) is 4.79 Å². The van der Waals surface area contributed by atoms with E-state index < -0.39 is 0 Å². The first-order chi connectivity index (χ1) is 11.2. The Balaban J connectivity index is 1.39. The van der Waals surface area contributed by atoms with Crippen molar-refractivity contribution in [1.82, 2.24) is 14.9 Å². The molecule has 1 N–H and O–H groups in total. The Kier molecular flexibility index (Phi) is 3.42. The number of hydrogen-bond acceptors (Lipinski definition) is 3. The van der Waals surface area contributed by atoms with Crippen LogP contribution in [0.1, 0.15) is 10.4 Å². The van der Waals surface area contributed by atoms with Gasteiger partial charge in [-0.1, -0.05) is 11.6 Å². The molecule has 2 aromatic heterocycles. The number of pyridine rings is 1. The van der Waals surface area contributed by atoms with Gasteiger partial charge in [-0.25, -0.2) is 4.98 Å². The van der Waals surface area contributed by atoms with Crippen LogP contribution in [0, 0.1) is 0 Å². The second-order valence-electron chi connectivity index (χ2n) is 5.54. The highest BCUT2D eigenvalue weighted by Gasteiger charge is 2.33. The number of rotatable bonds is 3. The SMILES string of the molecule is O=C(c1ccc2[nH]ccc2c1)N1CC(Oc2ccc(Cl)cn2)C1. The molecule has 1 amide bonds. The molecule has 5 nitrogen and oxygen atoms in total. The standard InChI is InChI=1S/C17H14ClN3O2/c18-13-2-4-16(20-8-13)23-14-9-21(10-14)17(22)12-1-3-15-11(7-12)5-6-19-15/h1-8,14,19H,9-10H2. The molecule has 1 fully saturated rings. The molecule has 0 spiro atoms. The Bertz CT molecular complexity index is 854. The van der Waals surface area contributed by atoms with Crippen molar-refractivity contribution in [2.75, 3.05) is 13.1 Å². The molecule has 0 atom stereocenters. The number of ether oxygens (including phenoxy) is 1. The zero-order chi connectivity index (χ0) is 15.8. The first-order valence-corrected chi connectivity index (χ1v) is 7.71. The minimum atomic E-state index is -0.0244. The minimum absolute atomic E-state index is 0.0244. The molecule has 3 heterocycles. The van der Waals surface area contributed by atoms with Gasteiger partial charge >= 0.3 is 0 Å². The van der Waals surface area contributed by atoms with Gasteiger partial charge in [-0.15, -0.1) is 0 Å². The zero-order valence-electron chi connectivity index (χ0n) is 12.2. The summed E-state index contributed by atoms with van der Waals surface area (Å²) in [6.07, 6.45) is 3.39. The lowest BCUT2D eigenvalue weighted by Crippen LogP contribution is -2.56. The van der Waals surface area contributed by atoms with Crippen LogP contribution in [0.2, 0.25) is 5.02 Å². The molecule has 3 aromatic rings. The highest BCUT2D eigenvalue weighted by Crippen LogP contribution is 2.21. The molecule has 4 rings (SSSR count). The van der Waals surface area contributed by atoms with Gasteiger partial charge in [-0.2, -0.15) is 0 Å². The topological polar surface area (TPSA) is 58.2 Å². The summed E-state index contributed by atoms with van der Waals surface area (Å²) >= 11 is 5.79. The molecular formula is C17H14ClN3O2. The van der Waals surface area contributed by atoms with Gasteiger partial charge in [0.15, 0.2) is 0 Å². The lowest BCUT2D eigenvalue weighted by molar-refractivity contribution is 0.0160. The van der Waals surface area contributed by atoms with E-state index in [2.05, 4.69) is 9.97 Å². The number of halogens is 1. The third-order valence-corrected chi connectivity index (χ3v) is 4.15. The molecule has 0 bridgehead atoms. The lowest BCUT2D eigenvalue weighted by atomic mass is 10.1. The van der Waals surface area contributed by atoms with Crippen molar-refractivity contribution in [2.45, 2.75) is 6.10 Å². The number of carbonyl (C=O) groups excluding carboxylic acids is 1. The van der Waals surface area contributed by atoms with Crippen LogP contribution in [0.4, 0.5) is 0 Å². The summed E-state index contributed by atoms with van der Waals surface area (Å²) in [5, 5.41) is 1.61. The largest absolute Gasteiger partial charge is 0.471 e. The Morgan fingerprint density at radius 2 is 2.13 bits per heavy atom. The van der Waals surface area contributed by atoms with E-state index in [1.165, 1.54) is 0 Å². The molecule has 1 aliphatic rings. The zero-order valence-corrected chi connectivity index (χ0v) is 13.0. The fourth-order valence-corrected chi connectivity index (χ4v) is 2.76. The highest BCUT2D eigenvalue weighted by molar-refractivity contribution is 6.30. The van der Waals surface area contributed by atoms with Crippen LogP contribution in [-0.4, -0.2) is 40.0 Å². The molecule has 1 aromatic carbocycles. The quantitative estimate of drug-likeness (QED) is 0.804. The Morgan fingerprint density at radius 1 is 1.26 bits per heavy atom. The van der Waals surface area contributed by atoms with Gasteiger partial charge in [0.05, 0.1) is 18.1 Å². The fraction of sp³-hybridized carbons (Fsp3) is 0.176. The van der Waals surface area contributed by atoms with Gasteiger partial charge < -0.3 is 14.6 Å². The molecule has 1 saturated heterocycles. The van der Waals surface area contributed by atoms with Crippen LogP contribution < -0.4 is 4.74 Å². The van der Waals surface area contributed by atoms with Crippen molar-refractivity contribution in [3.63, 3.8) is 0 Å². The van der Waals surface area contributed by atoms with Crippen LogP contribution in [0.5, 0.6) is 5.88 Å². The number of hydrogen-bond donors (Lipinski definition) is 1. The maximum absolute atomic E-state index is 12.5. The number of aromatic nitrogens is 2. The predicted molar refractivity (Wildman–Crippen MR) is 87.9 cm³/mol. The highest BCUT2D eigenvalue weighted by atomic mass is 35.5. The van der Waals surface area contributed by atoms with Crippen molar-refractivity contribution in [3.05, 3.63) is 59.4 Å². The molecule has 23 heavy (non-hydrogen) atoms. The van der Waals surface area contributed by atoms with Crippen molar-refractivity contribution in [2.24, 2.45) is 0 Å². The summed E-state index contributed by atoms with van der Waals surface area (Å²) in [4.78, 5) is 21.4. The van der Waals surface area contributed by atoms with E-state index >= 15 is 0 Å². The number of nitrogens with one attached hydrogen (secondary N) is 1. The van der Waals surface area contributed by atoms with E-state index in [0.29, 0.717) is 29.6 Å². The molecule has 1 aliphatic heterocycles. The number of fused-ring (bicyclic) bond motifs is 1. The van der Waals surface area contributed by atoms with E-state index in [0.717, 1.165) is 10.9 Å².